The minimum Gasteiger partial charge on any atom is -0.554 e. The number of methoxy groups -OCH3 is 1. The van der Waals surface area contributed by atoms with Crippen molar-refractivity contribution in [2.45, 2.75) is 20.0 Å². The number of rotatable bonds is 8. The van der Waals surface area contributed by atoms with E-state index in [1.165, 1.54) is 12.5 Å². The van der Waals surface area contributed by atoms with Crippen LogP contribution in [0.4, 0.5) is 4.39 Å². The number of nitrogens with one attached hydrogen (secondary N) is 1. The normalized spacial score (nSPS) is 11.3. The van der Waals surface area contributed by atoms with E-state index in [1.54, 1.807) is 31.4 Å². The van der Waals surface area contributed by atoms with E-state index < -0.39 is 12.1 Å². The first kappa shape index (κ1) is 27.5. The summed E-state index contributed by atoms with van der Waals surface area (Å²) in [7, 11) is 1.67. The summed E-state index contributed by atoms with van der Waals surface area (Å²) >= 11 is 0. The van der Waals surface area contributed by atoms with Gasteiger partial charge in [-0.15, -0.1) is 24.2 Å². The molecule has 168 valence electrons. The molecule has 0 saturated heterocycles. The predicted molar refractivity (Wildman–Crippen MR) is 123 cm³/mol. The molecule has 32 heavy (non-hydrogen) atoms. The zero-order chi connectivity index (χ0) is 23.0. The van der Waals surface area contributed by atoms with Crippen molar-refractivity contribution in [3.05, 3.63) is 85.1 Å². The maximum Gasteiger partial charge on any atom is 1.00 e. The first-order valence-corrected chi connectivity index (χ1v) is 10.1. The number of ether oxygens (including phenoxy) is 1. The summed E-state index contributed by atoms with van der Waals surface area (Å²) < 4.78 is 18.1. The van der Waals surface area contributed by atoms with Crippen LogP contribution in [0.3, 0.4) is 0 Å². The Morgan fingerprint density at radius 2 is 1.97 bits per heavy atom. The fraction of sp³-hybridized carbons (Fsp3) is 0.280. The molecule has 1 heterocycles. The fourth-order valence-electron chi connectivity index (χ4n) is 3.23. The molecule has 0 aliphatic rings. The number of halogens is 1. The standard InChI is InChI=1S/C14H18FNO2.C11H12NO.Li/c1-3-16(10-11(2)15)9-8-12-4-6-13(7-5-12)14(17)18;1-7-6-10(13-3)8(2)9-4-5-12-11(7)9;/h4-8,11H,1,3,9-10H2,2H3,(H,17,18);4-6,12H,2H2,1,3H3;/q-2;-1;+1. The summed E-state index contributed by atoms with van der Waals surface area (Å²) in [5, 5.41) is 9.90. The molecule has 1 atom stereocenters. The van der Waals surface area contributed by atoms with Crippen LogP contribution in [0.5, 0.6) is 5.75 Å². The summed E-state index contributed by atoms with van der Waals surface area (Å²) in [6.07, 6.45) is 2.97. The Morgan fingerprint density at radius 1 is 1.31 bits per heavy atom. The molecule has 0 bridgehead atoms. The van der Waals surface area contributed by atoms with Gasteiger partial charge in [0.05, 0.1) is 7.11 Å². The zero-order valence-corrected chi connectivity index (χ0v) is 19.3. The van der Waals surface area contributed by atoms with E-state index in [1.807, 2.05) is 29.7 Å². The van der Waals surface area contributed by atoms with Gasteiger partial charge in [-0.2, -0.15) is 31.0 Å². The molecule has 1 aromatic heterocycles. The molecule has 0 amide bonds. The quantitative estimate of drug-likeness (QED) is 0.423. The number of carboxylic acid groups (broad SMARTS) is 1. The number of hydrogen-bond acceptors (Lipinski definition) is 3. The molecule has 0 saturated carbocycles. The second-order valence-electron chi connectivity index (χ2n) is 7.31. The Bertz CT molecular complexity index is 987. The number of nitrogens with zero attached hydrogens (tertiary/aromatic N) is 1. The Labute approximate surface area is 202 Å². The number of hydrogen-bond donors (Lipinski definition) is 2. The van der Waals surface area contributed by atoms with Crippen molar-refractivity contribution in [3.8, 4) is 5.75 Å². The summed E-state index contributed by atoms with van der Waals surface area (Å²) in [5.41, 5.74) is 4.46. The fourth-order valence-corrected chi connectivity index (χ4v) is 3.23. The Kier molecular flexibility index (Phi) is 11.3. The third kappa shape index (κ3) is 7.56. The van der Waals surface area contributed by atoms with Gasteiger partial charge in [0.15, 0.2) is 0 Å². The number of H-pyrrole nitrogens is 1. The summed E-state index contributed by atoms with van der Waals surface area (Å²) in [5.74, 6) is -0.0863. The molecule has 0 spiro atoms. The molecule has 3 rings (SSSR count). The second kappa shape index (κ2) is 13.1. The molecule has 7 heteroatoms. The van der Waals surface area contributed by atoms with Gasteiger partial charge in [-0.05, 0) is 37.7 Å². The number of aryl methyl sites for hydroxylation is 1. The van der Waals surface area contributed by atoms with E-state index in [4.69, 9.17) is 9.84 Å². The van der Waals surface area contributed by atoms with Crippen molar-refractivity contribution in [2.75, 3.05) is 26.7 Å². The monoisotopic (exact) mass is 432 g/mol. The van der Waals surface area contributed by atoms with E-state index in [0.717, 1.165) is 27.8 Å². The van der Waals surface area contributed by atoms with Crippen LogP contribution in [0.25, 0.3) is 10.9 Å². The summed E-state index contributed by atoms with van der Waals surface area (Å²) in [4.78, 5) is 15.7. The molecule has 0 aliphatic heterocycles. The van der Waals surface area contributed by atoms with Gasteiger partial charge in [-0.1, -0.05) is 17.5 Å². The minimum absolute atomic E-state index is 0. The van der Waals surface area contributed by atoms with E-state index in [-0.39, 0.29) is 24.4 Å². The van der Waals surface area contributed by atoms with Crippen LogP contribution in [0.2, 0.25) is 0 Å². The number of alkyl halides is 1. The molecule has 2 N–H and O–H groups in total. The largest absolute Gasteiger partial charge is 1.00 e. The SMILES string of the molecule is [CH2-]CN(C[CH-]c1ccc(C(=O)O)cc1)CC(C)F.[CH2-]c1c(OC)cc(C)c2[nH]ccc12.[Li+]. The van der Waals surface area contributed by atoms with Gasteiger partial charge in [0.1, 0.15) is 6.17 Å². The van der Waals surface area contributed by atoms with E-state index in [2.05, 4.69) is 25.8 Å². The van der Waals surface area contributed by atoms with Gasteiger partial charge in [-0.25, -0.2) is 9.18 Å². The average molecular weight is 432 g/mol. The first-order valence-electron chi connectivity index (χ1n) is 10.1. The maximum absolute atomic E-state index is 12.9. The van der Waals surface area contributed by atoms with Crippen LogP contribution >= 0.6 is 0 Å². The number of fused-ring (bicyclic) bond motifs is 1. The number of aromatic amines is 1. The van der Waals surface area contributed by atoms with Gasteiger partial charge < -0.3 is 26.7 Å². The second-order valence-corrected chi connectivity index (χ2v) is 7.31. The number of carbonyl (C=O) groups is 1. The zero-order valence-electron chi connectivity index (χ0n) is 19.3. The maximum atomic E-state index is 12.9. The molecule has 2 aromatic carbocycles. The molecular formula is C25H30FLiN2O3-2. The Hall–Kier alpha value is -2.52. The van der Waals surface area contributed by atoms with Crippen molar-refractivity contribution >= 4 is 16.9 Å². The Morgan fingerprint density at radius 3 is 2.50 bits per heavy atom. The van der Waals surface area contributed by atoms with Crippen LogP contribution in [0.15, 0.2) is 42.6 Å². The molecular weight excluding hydrogens is 402 g/mol. The van der Waals surface area contributed by atoms with Crippen molar-refractivity contribution in [2.24, 2.45) is 0 Å². The molecule has 0 radical (unpaired) electrons. The molecule has 3 aromatic rings. The topological polar surface area (TPSA) is 65.6 Å². The average Bonchev–Trinajstić information content (AvgIpc) is 3.25. The van der Waals surface area contributed by atoms with E-state index in [9.17, 15) is 9.18 Å². The Balaban J connectivity index is 0.000000324. The van der Waals surface area contributed by atoms with Crippen molar-refractivity contribution < 1.29 is 37.9 Å². The number of carboxylic acids is 1. The number of benzene rings is 2. The van der Waals surface area contributed by atoms with Crippen LogP contribution in [-0.2, 0) is 0 Å². The first-order chi connectivity index (χ1) is 14.8. The number of aromatic carboxylic acids is 1. The molecule has 1 unspecified atom stereocenters. The predicted octanol–water partition coefficient (Wildman–Crippen LogP) is 2.10. The molecule has 0 fully saturated rings. The van der Waals surface area contributed by atoms with Gasteiger partial charge >= 0.3 is 24.8 Å². The molecule has 5 nitrogen and oxygen atoms in total. The van der Waals surface area contributed by atoms with E-state index >= 15 is 0 Å². The van der Waals surface area contributed by atoms with Crippen molar-refractivity contribution in [1.29, 1.82) is 0 Å². The van der Waals surface area contributed by atoms with Crippen LogP contribution in [-0.4, -0.2) is 53.9 Å². The van der Waals surface area contributed by atoms with Crippen LogP contribution < -0.4 is 23.6 Å². The van der Waals surface area contributed by atoms with Gasteiger partial charge in [0.25, 0.3) is 0 Å². The van der Waals surface area contributed by atoms with Gasteiger partial charge in [0, 0.05) is 17.9 Å². The van der Waals surface area contributed by atoms with Gasteiger partial charge in [-0.3, -0.25) is 0 Å². The minimum atomic E-state index is -0.938. The van der Waals surface area contributed by atoms with Crippen molar-refractivity contribution in [1.82, 2.24) is 9.88 Å². The molecule has 0 aliphatic carbocycles. The van der Waals surface area contributed by atoms with Gasteiger partial charge in [0.2, 0.25) is 0 Å². The summed E-state index contributed by atoms with van der Waals surface area (Å²) in [6.45, 7) is 12.8. The van der Waals surface area contributed by atoms with E-state index in [0.29, 0.717) is 19.6 Å². The van der Waals surface area contributed by atoms with Crippen LogP contribution in [0, 0.1) is 27.2 Å². The third-order valence-electron chi connectivity index (χ3n) is 4.90. The third-order valence-corrected chi connectivity index (χ3v) is 4.90. The number of aromatic nitrogens is 1. The smallest absolute Gasteiger partial charge is 0.554 e. The van der Waals surface area contributed by atoms with Crippen LogP contribution in [0.1, 0.15) is 34.0 Å². The van der Waals surface area contributed by atoms with Crippen molar-refractivity contribution in [3.63, 3.8) is 0 Å². The summed E-state index contributed by atoms with van der Waals surface area (Å²) in [6, 6.07) is 10.6.